The fourth-order valence-corrected chi connectivity index (χ4v) is 2.23. The van der Waals surface area contributed by atoms with E-state index in [0.717, 1.165) is 38.0 Å². The van der Waals surface area contributed by atoms with Gasteiger partial charge in [0.15, 0.2) is 0 Å². The number of carbonyl (C=O) groups is 1. The molecule has 0 bridgehead atoms. The van der Waals surface area contributed by atoms with E-state index in [1.54, 1.807) is 6.07 Å². The molecule has 0 spiro atoms. The molecule has 1 aliphatic rings. The lowest BCUT2D eigenvalue weighted by Crippen LogP contribution is -2.14. The minimum atomic E-state index is -0.890. The number of nitrogens with one attached hydrogen (secondary N) is 1. The summed E-state index contributed by atoms with van der Waals surface area (Å²) in [5, 5.41) is 12.3. The Bertz CT molecular complexity index is 425. The molecule has 4 nitrogen and oxygen atoms in total. The number of hydrogen-bond donors (Lipinski definition) is 2. The highest BCUT2D eigenvalue weighted by Crippen LogP contribution is 2.19. The van der Waals surface area contributed by atoms with Gasteiger partial charge in [0.05, 0.1) is 11.7 Å². The van der Waals surface area contributed by atoms with E-state index in [9.17, 15) is 4.79 Å². The predicted molar refractivity (Wildman–Crippen MR) is 70.2 cm³/mol. The largest absolute Gasteiger partial charge is 0.478 e. The molecular formula is C14H19NO3. The molecule has 18 heavy (non-hydrogen) atoms. The van der Waals surface area contributed by atoms with E-state index in [1.807, 2.05) is 19.1 Å². The van der Waals surface area contributed by atoms with Gasteiger partial charge in [0.25, 0.3) is 0 Å². The Kier molecular flexibility index (Phi) is 4.20. The number of ether oxygens (including phenoxy) is 1. The quantitative estimate of drug-likeness (QED) is 0.842. The smallest absolute Gasteiger partial charge is 0.337 e. The zero-order valence-electron chi connectivity index (χ0n) is 10.6. The third kappa shape index (κ3) is 3.23. The van der Waals surface area contributed by atoms with Crippen LogP contribution in [0.15, 0.2) is 18.2 Å². The van der Waals surface area contributed by atoms with Crippen LogP contribution in [0.5, 0.6) is 0 Å². The first kappa shape index (κ1) is 12.9. The van der Waals surface area contributed by atoms with Gasteiger partial charge in [-0.3, -0.25) is 0 Å². The van der Waals surface area contributed by atoms with Crippen LogP contribution in [0.25, 0.3) is 0 Å². The molecule has 98 valence electrons. The van der Waals surface area contributed by atoms with E-state index < -0.39 is 5.97 Å². The standard InChI is InChI=1S/C14H19NO3/c1-10-4-5-13(12(9-10)14(16)17)15-7-6-11-3-2-8-18-11/h4-5,9,11,15H,2-3,6-8H2,1H3,(H,16,17). The Morgan fingerprint density at radius 1 is 1.56 bits per heavy atom. The Morgan fingerprint density at radius 3 is 3.06 bits per heavy atom. The minimum Gasteiger partial charge on any atom is -0.478 e. The topological polar surface area (TPSA) is 58.6 Å². The highest BCUT2D eigenvalue weighted by Gasteiger charge is 2.15. The van der Waals surface area contributed by atoms with E-state index in [2.05, 4.69) is 5.32 Å². The molecule has 2 rings (SSSR count). The number of anilines is 1. The predicted octanol–water partition coefficient (Wildman–Crippen LogP) is 2.67. The van der Waals surface area contributed by atoms with Gasteiger partial charge < -0.3 is 15.2 Å². The van der Waals surface area contributed by atoms with Crippen LogP contribution in [-0.2, 0) is 4.74 Å². The van der Waals surface area contributed by atoms with Crippen molar-refractivity contribution in [3.8, 4) is 0 Å². The Morgan fingerprint density at radius 2 is 2.39 bits per heavy atom. The number of rotatable bonds is 5. The van der Waals surface area contributed by atoms with Gasteiger partial charge in [-0.2, -0.15) is 0 Å². The Labute approximate surface area is 107 Å². The molecule has 1 unspecified atom stereocenters. The van der Waals surface area contributed by atoms with Crippen LogP contribution >= 0.6 is 0 Å². The number of benzene rings is 1. The lowest BCUT2D eigenvalue weighted by molar-refractivity contribution is 0.0698. The van der Waals surface area contributed by atoms with E-state index in [-0.39, 0.29) is 0 Å². The van der Waals surface area contributed by atoms with Gasteiger partial charge in [-0.05, 0) is 38.3 Å². The summed E-state index contributed by atoms with van der Waals surface area (Å²) in [7, 11) is 0. The van der Waals surface area contributed by atoms with Crippen molar-refractivity contribution in [1.29, 1.82) is 0 Å². The van der Waals surface area contributed by atoms with Crippen molar-refractivity contribution in [2.45, 2.75) is 32.3 Å². The third-order valence-corrected chi connectivity index (χ3v) is 3.21. The van der Waals surface area contributed by atoms with Crippen LogP contribution in [-0.4, -0.2) is 30.3 Å². The molecule has 4 heteroatoms. The summed E-state index contributed by atoms with van der Waals surface area (Å²) in [6.07, 6.45) is 3.50. The average molecular weight is 249 g/mol. The Hall–Kier alpha value is -1.55. The van der Waals surface area contributed by atoms with Crippen LogP contribution in [0.2, 0.25) is 0 Å². The lowest BCUT2D eigenvalue weighted by Gasteiger charge is -2.13. The van der Waals surface area contributed by atoms with E-state index in [0.29, 0.717) is 17.4 Å². The number of carboxylic acid groups (broad SMARTS) is 1. The summed E-state index contributed by atoms with van der Waals surface area (Å²) >= 11 is 0. The van der Waals surface area contributed by atoms with E-state index >= 15 is 0 Å². The monoisotopic (exact) mass is 249 g/mol. The minimum absolute atomic E-state index is 0.330. The molecule has 1 aromatic rings. The van der Waals surface area contributed by atoms with Crippen LogP contribution in [0.1, 0.15) is 35.2 Å². The Balaban J connectivity index is 1.93. The first-order valence-corrected chi connectivity index (χ1v) is 6.36. The summed E-state index contributed by atoms with van der Waals surface area (Å²) in [5.74, 6) is -0.890. The molecule has 1 aliphatic heterocycles. The molecule has 0 saturated carbocycles. The van der Waals surface area contributed by atoms with Crippen LogP contribution < -0.4 is 5.32 Å². The molecule has 0 radical (unpaired) electrons. The van der Waals surface area contributed by atoms with Crippen molar-refractivity contribution in [2.75, 3.05) is 18.5 Å². The second kappa shape index (κ2) is 5.87. The van der Waals surface area contributed by atoms with E-state index in [4.69, 9.17) is 9.84 Å². The van der Waals surface area contributed by atoms with Gasteiger partial charge in [0.2, 0.25) is 0 Å². The normalized spacial score (nSPS) is 18.8. The van der Waals surface area contributed by atoms with Crippen molar-refractivity contribution < 1.29 is 14.6 Å². The van der Waals surface area contributed by atoms with Gasteiger partial charge in [-0.1, -0.05) is 11.6 Å². The zero-order valence-corrected chi connectivity index (χ0v) is 10.6. The second-order valence-corrected chi connectivity index (χ2v) is 4.70. The van der Waals surface area contributed by atoms with Crippen molar-refractivity contribution in [3.05, 3.63) is 29.3 Å². The molecule has 0 aromatic heterocycles. The number of aryl methyl sites for hydroxylation is 1. The summed E-state index contributed by atoms with van der Waals surface area (Å²) in [5.41, 5.74) is 1.98. The summed E-state index contributed by atoms with van der Waals surface area (Å²) in [6, 6.07) is 5.44. The molecular weight excluding hydrogens is 230 g/mol. The lowest BCUT2D eigenvalue weighted by atomic mass is 10.1. The molecule has 1 heterocycles. The highest BCUT2D eigenvalue weighted by atomic mass is 16.5. The average Bonchev–Trinajstić information content (AvgIpc) is 2.84. The SMILES string of the molecule is Cc1ccc(NCCC2CCCO2)c(C(=O)O)c1. The first-order chi connectivity index (χ1) is 8.66. The summed E-state index contributed by atoms with van der Waals surface area (Å²) < 4.78 is 5.53. The van der Waals surface area contributed by atoms with Crippen LogP contribution in [0.3, 0.4) is 0 Å². The number of hydrogen-bond acceptors (Lipinski definition) is 3. The second-order valence-electron chi connectivity index (χ2n) is 4.70. The van der Waals surface area contributed by atoms with Gasteiger partial charge in [0.1, 0.15) is 0 Å². The first-order valence-electron chi connectivity index (χ1n) is 6.36. The maximum Gasteiger partial charge on any atom is 0.337 e. The highest BCUT2D eigenvalue weighted by molar-refractivity contribution is 5.94. The molecule has 2 N–H and O–H groups in total. The third-order valence-electron chi connectivity index (χ3n) is 3.21. The summed E-state index contributed by atoms with van der Waals surface area (Å²) in [4.78, 5) is 11.1. The van der Waals surface area contributed by atoms with Crippen molar-refractivity contribution in [2.24, 2.45) is 0 Å². The van der Waals surface area contributed by atoms with Crippen molar-refractivity contribution in [3.63, 3.8) is 0 Å². The van der Waals surface area contributed by atoms with E-state index in [1.165, 1.54) is 0 Å². The van der Waals surface area contributed by atoms with Gasteiger partial charge in [-0.15, -0.1) is 0 Å². The van der Waals surface area contributed by atoms with Crippen molar-refractivity contribution >= 4 is 11.7 Å². The van der Waals surface area contributed by atoms with Crippen LogP contribution in [0.4, 0.5) is 5.69 Å². The van der Waals surface area contributed by atoms with Gasteiger partial charge in [-0.25, -0.2) is 4.79 Å². The van der Waals surface area contributed by atoms with Crippen LogP contribution in [0, 0.1) is 6.92 Å². The molecule has 0 amide bonds. The summed E-state index contributed by atoms with van der Waals surface area (Å²) in [6.45, 7) is 3.49. The fourth-order valence-electron chi connectivity index (χ4n) is 2.23. The molecule has 1 fully saturated rings. The maximum atomic E-state index is 11.1. The number of carboxylic acids is 1. The van der Waals surface area contributed by atoms with Gasteiger partial charge >= 0.3 is 5.97 Å². The van der Waals surface area contributed by atoms with Crippen molar-refractivity contribution in [1.82, 2.24) is 0 Å². The molecule has 1 saturated heterocycles. The molecule has 1 atom stereocenters. The van der Waals surface area contributed by atoms with Gasteiger partial charge in [0, 0.05) is 18.8 Å². The zero-order chi connectivity index (χ0) is 13.0. The maximum absolute atomic E-state index is 11.1. The fraction of sp³-hybridized carbons (Fsp3) is 0.500. The molecule has 0 aliphatic carbocycles. The number of aromatic carboxylic acids is 1. The molecule has 1 aromatic carbocycles.